The molecule has 2 amide bonds. The van der Waals surface area contributed by atoms with Gasteiger partial charge in [0.15, 0.2) is 0 Å². The number of carbonyl (C=O) groups excluding carboxylic acids is 4. The van der Waals surface area contributed by atoms with Gasteiger partial charge in [-0.1, -0.05) is 43.6 Å². The molecule has 57 heavy (non-hydrogen) atoms. The van der Waals surface area contributed by atoms with Crippen molar-refractivity contribution in [2.75, 3.05) is 13.1 Å². The van der Waals surface area contributed by atoms with Crippen LogP contribution in [0.4, 0.5) is 18.4 Å². The fourth-order valence-corrected chi connectivity index (χ4v) is 6.42. The highest BCUT2D eigenvalue weighted by Crippen LogP contribution is 2.47. The molecule has 306 valence electrons. The number of benzene rings is 1. The number of aromatic nitrogens is 4. The van der Waals surface area contributed by atoms with Gasteiger partial charge in [0.2, 0.25) is 23.4 Å². The number of ether oxygens (including phenoxy) is 2. The molecule has 4 N–H and O–H groups in total. The van der Waals surface area contributed by atoms with Crippen LogP contribution in [0.15, 0.2) is 67.5 Å². The van der Waals surface area contributed by atoms with Gasteiger partial charge in [-0.15, -0.1) is 0 Å². The SMILES string of the molecule is C=C(C)[C@@H]1CCC(C)=C[C@H]1c1c(OC(=O)NCCCC(=O)n2cc(F)c(=O)[nH]c2=O)cc(CCCCC)cc1OC(=O)NCCCC(=O)n1cc(F)c(=O)[nH]c1=O. The van der Waals surface area contributed by atoms with Crippen molar-refractivity contribution in [3.8, 4) is 11.5 Å². The number of hydrogen-bond donors (Lipinski definition) is 4. The summed E-state index contributed by atoms with van der Waals surface area (Å²) in [6.45, 7) is 9.94. The monoisotopic (exact) mass is 796 g/mol. The molecule has 1 aliphatic rings. The molecule has 0 saturated carbocycles. The molecule has 1 aliphatic carbocycles. The molecule has 2 heterocycles. The zero-order valence-electron chi connectivity index (χ0n) is 32.0. The molecule has 0 unspecified atom stereocenters. The van der Waals surface area contributed by atoms with Crippen molar-refractivity contribution in [2.45, 2.75) is 90.9 Å². The summed E-state index contributed by atoms with van der Waals surface area (Å²) in [6, 6.07) is 3.44. The van der Waals surface area contributed by atoms with Crippen molar-refractivity contribution in [3.05, 3.63) is 113 Å². The fourth-order valence-electron chi connectivity index (χ4n) is 6.42. The Morgan fingerprint density at radius 1 is 0.825 bits per heavy atom. The third kappa shape index (κ3) is 11.9. The average molecular weight is 797 g/mol. The minimum atomic E-state index is -1.30. The second-order valence-corrected chi connectivity index (χ2v) is 13.8. The lowest BCUT2D eigenvalue weighted by Crippen LogP contribution is -2.35. The minimum Gasteiger partial charge on any atom is -0.410 e. The lowest BCUT2D eigenvalue weighted by Gasteiger charge is -2.32. The first-order valence-corrected chi connectivity index (χ1v) is 18.6. The summed E-state index contributed by atoms with van der Waals surface area (Å²) >= 11 is 0. The van der Waals surface area contributed by atoms with E-state index in [4.69, 9.17) is 9.47 Å². The molecule has 1 aromatic carbocycles. The van der Waals surface area contributed by atoms with E-state index >= 15 is 0 Å². The van der Waals surface area contributed by atoms with Gasteiger partial charge in [-0.2, -0.15) is 8.78 Å². The average Bonchev–Trinajstić information content (AvgIpc) is 3.14. The van der Waals surface area contributed by atoms with Gasteiger partial charge in [-0.3, -0.25) is 29.1 Å². The van der Waals surface area contributed by atoms with Gasteiger partial charge < -0.3 is 20.1 Å². The smallest absolute Gasteiger partial charge is 0.410 e. The van der Waals surface area contributed by atoms with Crippen LogP contribution in [0.5, 0.6) is 11.5 Å². The molecule has 4 rings (SSSR count). The van der Waals surface area contributed by atoms with Crippen molar-refractivity contribution < 1.29 is 37.4 Å². The number of allylic oxidation sites excluding steroid dienone is 3. The number of carbonyl (C=O) groups is 4. The number of nitrogens with one attached hydrogen (secondary N) is 4. The van der Waals surface area contributed by atoms with Crippen molar-refractivity contribution in [3.63, 3.8) is 0 Å². The molecular weight excluding hydrogens is 750 g/mol. The minimum absolute atomic E-state index is 0.0337. The number of nitrogens with zero attached hydrogens (tertiary/aromatic N) is 2. The number of halogens is 2. The van der Waals surface area contributed by atoms with E-state index in [9.17, 15) is 47.1 Å². The molecule has 3 aromatic rings. The van der Waals surface area contributed by atoms with Crippen LogP contribution in [0, 0.1) is 17.6 Å². The maximum atomic E-state index is 13.7. The van der Waals surface area contributed by atoms with Crippen LogP contribution in [0.3, 0.4) is 0 Å². The Bertz CT molecular complexity index is 2160. The Morgan fingerprint density at radius 3 is 1.77 bits per heavy atom. The van der Waals surface area contributed by atoms with Crippen molar-refractivity contribution in [1.82, 2.24) is 29.7 Å². The standard InChI is InChI=1S/C39H46F2N6O10/c1-5-6-7-10-24-18-29(56-38(54)42-15-8-11-31(48)46-20-27(40)34(50)44-36(46)52)33(26-17-23(4)13-14-25(26)22(2)3)30(19-24)57-39(55)43-16-9-12-32(49)47-21-28(41)35(51)45-37(47)53/h17-21,25-26H,2,5-16H2,1,3-4H3,(H,42,54)(H,43,55)(H,44,50,52)(H,45,51,53)/t25-,26+/m0/s1. The summed E-state index contributed by atoms with van der Waals surface area (Å²) in [5.74, 6) is -4.49. The van der Waals surface area contributed by atoms with E-state index in [1.807, 2.05) is 26.8 Å². The highest BCUT2D eigenvalue weighted by Gasteiger charge is 2.33. The van der Waals surface area contributed by atoms with Crippen LogP contribution in [0.2, 0.25) is 0 Å². The predicted molar refractivity (Wildman–Crippen MR) is 204 cm³/mol. The highest BCUT2D eigenvalue weighted by molar-refractivity contribution is 5.79. The molecule has 0 fully saturated rings. The van der Waals surface area contributed by atoms with E-state index in [-0.39, 0.29) is 56.2 Å². The first kappa shape index (κ1) is 43.5. The van der Waals surface area contributed by atoms with Gasteiger partial charge in [-0.25, -0.2) is 28.3 Å². The van der Waals surface area contributed by atoms with E-state index < -0.39 is 64.1 Å². The summed E-state index contributed by atoms with van der Waals surface area (Å²) in [7, 11) is 0. The fraction of sp³-hybridized carbons (Fsp3) is 0.436. The third-order valence-electron chi connectivity index (χ3n) is 9.36. The molecule has 0 spiro atoms. The van der Waals surface area contributed by atoms with Gasteiger partial charge in [0.05, 0.1) is 12.4 Å². The maximum Gasteiger partial charge on any atom is 0.412 e. The van der Waals surface area contributed by atoms with E-state index in [0.717, 1.165) is 48.8 Å². The second kappa shape index (κ2) is 20.1. The Balaban J connectivity index is 1.55. The van der Waals surface area contributed by atoms with Gasteiger partial charge in [0, 0.05) is 37.4 Å². The Morgan fingerprint density at radius 2 is 1.32 bits per heavy atom. The van der Waals surface area contributed by atoms with E-state index in [1.165, 1.54) is 0 Å². The maximum absolute atomic E-state index is 13.7. The number of H-pyrrole nitrogens is 2. The van der Waals surface area contributed by atoms with Crippen LogP contribution in [0.25, 0.3) is 0 Å². The third-order valence-corrected chi connectivity index (χ3v) is 9.36. The quantitative estimate of drug-likeness (QED) is 0.114. The zero-order valence-corrected chi connectivity index (χ0v) is 32.0. The normalized spacial score (nSPS) is 15.0. The molecule has 0 aliphatic heterocycles. The summed E-state index contributed by atoms with van der Waals surface area (Å²) in [5.41, 5.74) is -1.64. The van der Waals surface area contributed by atoms with Gasteiger partial charge in [-0.05, 0) is 76.0 Å². The van der Waals surface area contributed by atoms with Crippen molar-refractivity contribution in [2.24, 2.45) is 5.92 Å². The lowest BCUT2D eigenvalue weighted by atomic mass is 9.73. The molecule has 0 radical (unpaired) electrons. The van der Waals surface area contributed by atoms with Gasteiger partial charge >= 0.3 is 23.6 Å². The Kier molecular flexibility index (Phi) is 15.4. The molecule has 0 bridgehead atoms. The summed E-state index contributed by atoms with van der Waals surface area (Å²) in [5, 5.41) is 5.14. The summed E-state index contributed by atoms with van der Waals surface area (Å²) in [6.07, 6.45) is 5.49. The van der Waals surface area contributed by atoms with Gasteiger partial charge in [0.1, 0.15) is 11.5 Å². The lowest BCUT2D eigenvalue weighted by molar-refractivity contribution is 0.0883. The van der Waals surface area contributed by atoms with E-state index in [0.29, 0.717) is 33.5 Å². The highest BCUT2D eigenvalue weighted by atomic mass is 19.1. The Hall–Kier alpha value is -6.20. The van der Waals surface area contributed by atoms with Crippen LogP contribution in [0.1, 0.15) is 105 Å². The number of rotatable bonds is 16. The van der Waals surface area contributed by atoms with Gasteiger partial charge in [0.25, 0.3) is 11.1 Å². The second-order valence-electron chi connectivity index (χ2n) is 13.8. The molecule has 18 heteroatoms. The first-order valence-electron chi connectivity index (χ1n) is 18.6. The topological polar surface area (TPSA) is 221 Å². The van der Waals surface area contributed by atoms with Crippen LogP contribution in [-0.4, -0.2) is 56.2 Å². The molecule has 0 saturated heterocycles. The van der Waals surface area contributed by atoms with E-state index in [1.54, 1.807) is 22.1 Å². The number of amides is 2. The number of aromatic amines is 2. The van der Waals surface area contributed by atoms with E-state index in [2.05, 4.69) is 17.2 Å². The Labute approximate surface area is 325 Å². The number of aryl methyl sites for hydroxylation is 1. The number of unbranched alkanes of at least 4 members (excludes halogenated alkanes) is 2. The molecular formula is C39H46F2N6O10. The van der Waals surface area contributed by atoms with Crippen LogP contribution < -0.4 is 42.6 Å². The molecule has 2 aromatic heterocycles. The van der Waals surface area contributed by atoms with Crippen LogP contribution >= 0.6 is 0 Å². The largest absolute Gasteiger partial charge is 0.412 e. The summed E-state index contributed by atoms with van der Waals surface area (Å²) < 4.78 is 40.0. The molecule has 16 nitrogen and oxygen atoms in total. The predicted octanol–water partition coefficient (Wildman–Crippen LogP) is 4.83. The van der Waals surface area contributed by atoms with Crippen molar-refractivity contribution >= 4 is 24.0 Å². The number of hydrogen-bond acceptors (Lipinski definition) is 10. The zero-order chi connectivity index (χ0) is 41.8. The van der Waals surface area contributed by atoms with Crippen LogP contribution in [-0.2, 0) is 6.42 Å². The first-order chi connectivity index (χ1) is 27.1. The molecule has 2 atom stereocenters. The van der Waals surface area contributed by atoms with Crippen molar-refractivity contribution in [1.29, 1.82) is 0 Å². The summed E-state index contributed by atoms with van der Waals surface area (Å²) in [4.78, 5) is 101.